The Labute approximate surface area is 168 Å². The van der Waals surface area contributed by atoms with Crippen molar-refractivity contribution >= 4 is 50.9 Å². The van der Waals surface area contributed by atoms with Crippen LogP contribution in [0.4, 0.5) is 11.4 Å². The summed E-state index contributed by atoms with van der Waals surface area (Å²) in [5.41, 5.74) is 2.34. The summed E-state index contributed by atoms with van der Waals surface area (Å²) in [5, 5.41) is 3.51. The van der Waals surface area contributed by atoms with Gasteiger partial charge < -0.3 is 10.2 Å². The Morgan fingerprint density at radius 2 is 1.96 bits per heavy atom. The maximum atomic E-state index is 12.8. The topological polar surface area (TPSA) is 67.2 Å². The van der Waals surface area contributed by atoms with E-state index in [0.717, 1.165) is 21.0 Å². The number of aromatic nitrogens is 2. The van der Waals surface area contributed by atoms with E-state index in [0.29, 0.717) is 5.69 Å². The number of thioether (sulfide) groups is 1. The number of para-hydroxylation sites is 2. The van der Waals surface area contributed by atoms with Crippen LogP contribution in [0.3, 0.4) is 0 Å². The number of hydrogen-bond donors (Lipinski definition) is 1. The van der Waals surface area contributed by atoms with Crippen molar-refractivity contribution in [3.8, 4) is 5.69 Å². The highest BCUT2D eigenvalue weighted by atomic mass is 79.9. The molecule has 1 aromatic heterocycles. The predicted octanol–water partition coefficient (Wildman–Crippen LogP) is 3.71. The summed E-state index contributed by atoms with van der Waals surface area (Å²) in [5.74, 6) is -0.133. The van der Waals surface area contributed by atoms with Gasteiger partial charge >= 0.3 is 0 Å². The number of imidazole rings is 1. The molecule has 1 aliphatic rings. The SMILES string of the molecule is O=C1CN(C(=O)CSc2nccn2-c2ccc(Br)cc2)c2ccccc2N1. The van der Waals surface area contributed by atoms with Gasteiger partial charge in [0.15, 0.2) is 5.16 Å². The molecule has 0 unspecified atom stereocenters. The summed E-state index contributed by atoms with van der Waals surface area (Å²) < 4.78 is 2.93. The minimum absolute atomic E-state index is 0.0254. The lowest BCUT2D eigenvalue weighted by atomic mass is 10.2. The van der Waals surface area contributed by atoms with Gasteiger partial charge in [-0.15, -0.1) is 0 Å². The number of anilines is 2. The second-order valence-electron chi connectivity index (χ2n) is 5.89. The molecule has 2 heterocycles. The maximum absolute atomic E-state index is 12.8. The van der Waals surface area contributed by atoms with E-state index in [1.807, 2.05) is 53.2 Å². The third-order valence-corrected chi connectivity index (χ3v) is 5.59. The Kier molecular flexibility index (Phi) is 5.00. The van der Waals surface area contributed by atoms with Crippen LogP contribution in [0, 0.1) is 0 Å². The Morgan fingerprint density at radius 1 is 1.19 bits per heavy atom. The van der Waals surface area contributed by atoms with Crippen molar-refractivity contribution in [3.63, 3.8) is 0 Å². The number of amides is 2. The lowest BCUT2D eigenvalue weighted by Gasteiger charge is -2.29. The normalized spacial score (nSPS) is 13.2. The van der Waals surface area contributed by atoms with Gasteiger partial charge in [-0.25, -0.2) is 4.98 Å². The fourth-order valence-electron chi connectivity index (χ4n) is 2.85. The first-order valence-electron chi connectivity index (χ1n) is 8.23. The van der Waals surface area contributed by atoms with E-state index >= 15 is 0 Å². The number of carbonyl (C=O) groups excluding carboxylic acids is 2. The van der Waals surface area contributed by atoms with Crippen LogP contribution in [0.5, 0.6) is 0 Å². The van der Waals surface area contributed by atoms with Gasteiger partial charge in [0.25, 0.3) is 0 Å². The van der Waals surface area contributed by atoms with E-state index in [-0.39, 0.29) is 24.1 Å². The molecule has 2 aromatic carbocycles. The third-order valence-electron chi connectivity index (χ3n) is 4.11. The molecule has 27 heavy (non-hydrogen) atoms. The number of nitrogens with one attached hydrogen (secondary N) is 1. The molecule has 1 N–H and O–H groups in total. The highest BCUT2D eigenvalue weighted by molar-refractivity contribution is 9.10. The average Bonchev–Trinajstić information content (AvgIpc) is 3.14. The molecule has 0 saturated carbocycles. The number of carbonyl (C=O) groups is 2. The molecule has 6 nitrogen and oxygen atoms in total. The van der Waals surface area contributed by atoms with E-state index in [1.165, 1.54) is 16.7 Å². The maximum Gasteiger partial charge on any atom is 0.244 e. The Bertz CT molecular complexity index is 1000. The second kappa shape index (κ2) is 7.58. The van der Waals surface area contributed by atoms with Crippen molar-refractivity contribution in [2.45, 2.75) is 5.16 Å². The lowest BCUT2D eigenvalue weighted by Crippen LogP contribution is -2.43. The van der Waals surface area contributed by atoms with Gasteiger partial charge in [0.1, 0.15) is 6.54 Å². The fourth-order valence-corrected chi connectivity index (χ4v) is 3.97. The second-order valence-corrected chi connectivity index (χ2v) is 7.75. The van der Waals surface area contributed by atoms with Crippen molar-refractivity contribution in [2.75, 3.05) is 22.5 Å². The molecule has 2 amide bonds. The predicted molar refractivity (Wildman–Crippen MR) is 109 cm³/mol. The van der Waals surface area contributed by atoms with Crippen LogP contribution in [0.2, 0.25) is 0 Å². The largest absolute Gasteiger partial charge is 0.323 e. The highest BCUT2D eigenvalue weighted by Gasteiger charge is 2.26. The number of halogens is 1. The molecule has 4 rings (SSSR count). The van der Waals surface area contributed by atoms with Crippen LogP contribution in [0.15, 0.2) is 70.6 Å². The number of fused-ring (bicyclic) bond motifs is 1. The summed E-state index contributed by atoms with van der Waals surface area (Å²) in [6.07, 6.45) is 3.57. The zero-order chi connectivity index (χ0) is 18.8. The molecular formula is C19H15BrN4O2S. The van der Waals surface area contributed by atoms with Crippen molar-refractivity contribution in [1.29, 1.82) is 0 Å². The summed E-state index contributed by atoms with van der Waals surface area (Å²) in [6.45, 7) is 0.0254. The molecule has 8 heteroatoms. The molecule has 0 saturated heterocycles. The smallest absolute Gasteiger partial charge is 0.244 e. The van der Waals surface area contributed by atoms with Gasteiger partial charge in [-0.2, -0.15) is 0 Å². The summed E-state index contributed by atoms with van der Waals surface area (Å²) in [4.78, 5) is 30.6. The Morgan fingerprint density at radius 3 is 2.78 bits per heavy atom. The molecular weight excluding hydrogens is 428 g/mol. The number of rotatable bonds is 4. The molecule has 1 aliphatic heterocycles. The average molecular weight is 443 g/mol. The van der Waals surface area contributed by atoms with E-state index in [1.54, 1.807) is 12.3 Å². The third kappa shape index (κ3) is 3.77. The first-order chi connectivity index (χ1) is 13.1. The number of nitrogens with zero attached hydrogens (tertiary/aromatic N) is 3. The summed E-state index contributed by atoms with van der Waals surface area (Å²) >= 11 is 4.77. The van der Waals surface area contributed by atoms with E-state index in [4.69, 9.17) is 0 Å². The number of hydrogen-bond acceptors (Lipinski definition) is 4. The van der Waals surface area contributed by atoms with Gasteiger partial charge in [-0.3, -0.25) is 14.2 Å². The van der Waals surface area contributed by atoms with Crippen molar-refractivity contribution in [2.24, 2.45) is 0 Å². The molecule has 136 valence electrons. The van der Waals surface area contributed by atoms with Gasteiger partial charge in [0, 0.05) is 22.6 Å². The first-order valence-corrected chi connectivity index (χ1v) is 10.0. The number of benzene rings is 2. The Balaban J connectivity index is 1.50. The molecule has 0 bridgehead atoms. The minimum Gasteiger partial charge on any atom is -0.323 e. The zero-order valence-electron chi connectivity index (χ0n) is 14.1. The first kappa shape index (κ1) is 17.8. The van der Waals surface area contributed by atoms with Crippen LogP contribution in [-0.2, 0) is 9.59 Å². The van der Waals surface area contributed by atoms with Crippen LogP contribution >= 0.6 is 27.7 Å². The van der Waals surface area contributed by atoms with Crippen LogP contribution in [0.25, 0.3) is 5.69 Å². The van der Waals surface area contributed by atoms with Crippen LogP contribution in [-0.4, -0.2) is 33.7 Å². The van der Waals surface area contributed by atoms with Crippen LogP contribution in [0.1, 0.15) is 0 Å². The lowest BCUT2D eigenvalue weighted by molar-refractivity contribution is -0.120. The molecule has 0 aliphatic carbocycles. The molecule has 0 fully saturated rings. The van der Waals surface area contributed by atoms with Crippen molar-refractivity contribution < 1.29 is 9.59 Å². The van der Waals surface area contributed by atoms with Gasteiger partial charge in [0.2, 0.25) is 11.8 Å². The summed E-state index contributed by atoms with van der Waals surface area (Å²) in [7, 11) is 0. The summed E-state index contributed by atoms with van der Waals surface area (Å²) in [6, 6.07) is 15.2. The quantitative estimate of drug-likeness (QED) is 0.625. The van der Waals surface area contributed by atoms with Crippen molar-refractivity contribution in [1.82, 2.24) is 9.55 Å². The standard InChI is InChI=1S/C19H15BrN4O2S/c20-13-5-7-14(8-6-13)23-10-9-21-19(23)27-12-18(26)24-11-17(25)22-15-3-1-2-4-16(15)24/h1-10H,11-12H2,(H,22,25). The molecule has 0 spiro atoms. The zero-order valence-corrected chi connectivity index (χ0v) is 16.5. The molecule has 0 atom stereocenters. The van der Waals surface area contributed by atoms with Gasteiger partial charge in [0.05, 0.1) is 17.1 Å². The van der Waals surface area contributed by atoms with Crippen molar-refractivity contribution in [3.05, 3.63) is 65.4 Å². The van der Waals surface area contributed by atoms with E-state index in [2.05, 4.69) is 26.2 Å². The van der Waals surface area contributed by atoms with E-state index in [9.17, 15) is 9.59 Å². The van der Waals surface area contributed by atoms with Crippen LogP contribution < -0.4 is 10.2 Å². The van der Waals surface area contributed by atoms with E-state index < -0.39 is 0 Å². The van der Waals surface area contributed by atoms with Gasteiger partial charge in [-0.05, 0) is 36.4 Å². The Hall–Kier alpha value is -2.58. The highest BCUT2D eigenvalue weighted by Crippen LogP contribution is 2.30. The fraction of sp³-hybridized carbons (Fsp3) is 0.105. The van der Waals surface area contributed by atoms with Gasteiger partial charge in [-0.1, -0.05) is 39.8 Å². The minimum atomic E-state index is -0.191. The molecule has 3 aromatic rings. The molecule has 0 radical (unpaired) electrons. The monoisotopic (exact) mass is 442 g/mol.